The quantitative estimate of drug-likeness (QED) is 0.0541. The lowest BCUT2D eigenvalue weighted by Gasteiger charge is -2.50. The molecule has 24 heteroatoms. The smallest absolute Gasteiger partial charge is 0.347 e. The topological polar surface area (TPSA) is 111 Å². The average molecular weight is 1540 g/mol. The third-order valence-electron chi connectivity index (χ3n) is 18.4. The number of unbranched alkanes of at least 4 members (excludes halogenated alkanes) is 12. The van der Waals surface area contributed by atoms with Crippen molar-refractivity contribution in [3.8, 4) is 0 Å². The van der Waals surface area contributed by atoms with Crippen LogP contribution in [0.1, 0.15) is 237 Å². The summed E-state index contributed by atoms with van der Waals surface area (Å²) in [5, 5.41) is 0. The van der Waals surface area contributed by atoms with Gasteiger partial charge in [-0.2, -0.15) is 0 Å². The standard InChI is InChI=1S/C72H144O12Si12/c1-25-49-61-85(37-13)73-86(38-14,62-50-26-2)75-88(40-16,64-52-28-4)77-90(42-18,66-54-30-6)79-92(44-20,68-56-32-8)81-94(46-22,70-58-34-10)83-96(48-24,72-60-36-12)84-95(47-23,71-59-35-11)82-93(45-21,69-57-33-9)80-91(43-19,67-55-31-7)78-89(41-17,65-53-29-5)76-87(39-15,74-85)63-51-27-3/h37-48H,13-36,49-72H2,1-12H3. The van der Waals surface area contributed by atoms with Crippen molar-refractivity contribution in [2.75, 3.05) is 0 Å². The number of rotatable bonds is 48. The van der Waals surface area contributed by atoms with Crippen molar-refractivity contribution in [2.45, 2.75) is 310 Å². The predicted octanol–water partition coefficient (Wildman–Crippen LogP) is 23.8. The fourth-order valence-electron chi connectivity index (χ4n) is 12.3. The van der Waals surface area contributed by atoms with Crippen molar-refractivity contribution >= 4 is 103 Å². The fraction of sp³-hybridized carbons (Fsp3) is 0.667. The summed E-state index contributed by atoms with van der Waals surface area (Å²) in [5.74, 6) is 0. The highest BCUT2D eigenvalue weighted by Crippen LogP contribution is 2.45. The largest absolute Gasteiger partial charge is 0.409 e. The lowest BCUT2D eigenvalue weighted by Crippen LogP contribution is -2.68. The fourth-order valence-corrected chi connectivity index (χ4v) is 77.3. The van der Waals surface area contributed by atoms with E-state index in [0.29, 0.717) is 72.5 Å². The highest BCUT2D eigenvalue weighted by molar-refractivity contribution is 7.02. The lowest BCUT2D eigenvalue weighted by atomic mass is 10.4. The molecule has 0 aromatic rings. The van der Waals surface area contributed by atoms with Crippen LogP contribution in [0.25, 0.3) is 0 Å². The summed E-state index contributed by atoms with van der Waals surface area (Å²) in [6.07, 6.45) is 20.5. The van der Waals surface area contributed by atoms with Crippen LogP contribution in [-0.4, -0.2) is 103 Å². The molecule has 1 fully saturated rings. The molecule has 0 N–H and O–H groups in total. The maximum absolute atomic E-state index is 8.19. The second-order valence-electron chi connectivity index (χ2n) is 26.7. The van der Waals surface area contributed by atoms with Crippen LogP contribution in [-0.2, 0) is 49.4 Å². The van der Waals surface area contributed by atoms with E-state index in [1.165, 1.54) is 0 Å². The highest BCUT2D eigenvalue weighted by atomic mass is 28.5. The normalized spacial score (nSPS) is 33.1. The van der Waals surface area contributed by atoms with E-state index in [1.807, 2.05) is 68.4 Å². The summed E-state index contributed by atoms with van der Waals surface area (Å²) in [6, 6.07) is 7.15. The molecule has 0 bridgehead atoms. The molecule has 1 aliphatic heterocycles. The molecule has 1 aliphatic rings. The molecule has 0 spiro atoms. The van der Waals surface area contributed by atoms with Gasteiger partial charge in [0.15, 0.2) is 0 Å². The number of hydrogen-bond acceptors (Lipinski definition) is 12. The van der Waals surface area contributed by atoms with Crippen LogP contribution >= 0.6 is 0 Å². The van der Waals surface area contributed by atoms with E-state index >= 15 is 0 Å². The molecular weight excluding hydrogens is 1390 g/mol. The van der Waals surface area contributed by atoms with E-state index < -0.39 is 103 Å². The van der Waals surface area contributed by atoms with Crippen molar-refractivity contribution in [2.24, 2.45) is 0 Å². The van der Waals surface area contributed by atoms with Gasteiger partial charge < -0.3 is 49.4 Å². The second-order valence-corrected chi connectivity index (χ2v) is 66.8. The SMILES string of the molecule is C=C[Si]1(CCCC)O[Si](C=C)(CCCC)O[Si](C=C)(CCCC)O[Si](C=C)(CCCC)O[Si](C=C)(CCCC)O[Si](C=C)(CCCC)O[Si](C=C)(CCCC)O[Si](C=C)(CCCC)O[Si](C=C)(CCCC)O[Si](C=C)(CCCC)O[Si](C=C)(CCCC)O[Si](C=C)(CCCC)O1. The molecule has 1 rings (SSSR count). The maximum Gasteiger partial charge on any atom is 0.347 e. The molecule has 0 unspecified atom stereocenters. The third kappa shape index (κ3) is 28.2. The van der Waals surface area contributed by atoms with Gasteiger partial charge in [0, 0.05) is 0 Å². The Morgan fingerprint density at radius 2 is 0.208 bits per heavy atom. The second kappa shape index (κ2) is 47.4. The minimum absolute atomic E-state index is 0.596. The molecule has 96 heavy (non-hydrogen) atoms. The molecule has 552 valence electrons. The van der Waals surface area contributed by atoms with E-state index in [4.69, 9.17) is 128 Å². The average Bonchev–Trinajstić information content (AvgIpc) is 0.775. The van der Waals surface area contributed by atoms with Gasteiger partial charge in [-0.25, -0.2) is 0 Å². The van der Waals surface area contributed by atoms with E-state index in [9.17, 15) is 0 Å². The molecule has 12 nitrogen and oxygen atoms in total. The molecule has 0 radical (unpaired) electrons. The Kier molecular flexibility index (Phi) is 45.9. The van der Waals surface area contributed by atoms with Gasteiger partial charge in [-0.1, -0.05) is 306 Å². The van der Waals surface area contributed by atoms with Crippen molar-refractivity contribution in [3.05, 3.63) is 147 Å². The van der Waals surface area contributed by atoms with Gasteiger partial charge in [-0.15, -0.1) is 78.9 Å². The minimum atomic E-state index is -3.71. The van der Waals surface area contributed by atoms with Gasteiger partial charge >= 0.3 is 103 Å². The van der Waals surface area contributed by atoms with E-state index in [1.54, 1.807) is 0 Å². The van der Waals surface area contributed by atoms with Crippen molar-refractivity contribution in [1.29, 1.82) is 0 Å². The first kappa shape index (κ1) is 93.0. The van der Waals surface area contributed by atoms with Gasteiger partial charge in [0.25, 0.3) is 0 Å². The van der Waals surface area contributed by atoms with Crippen molar-refractivity contribution < 1.29 is 49.4 Å². The Bertz CT molecular complexity index is 1740. The molecule has 0 aromatic carbocycles. The van der Waals surface area contributed by atoms with Crippen LogP contribution < -0.4 is 0 Å². The van der Waals surface area contributed by atoms with E-state index in [0.717, 1.165) is 154 Å². The van der Waals surface area contributed by atoms with Crippen LogP contribution in [0.4, 0.5) is 0 Å². The highest BCUT2D eigenvalue weighted by Gasteiger charge is 2.63. The van der Waals surface area contributed by atoms with Gasteiger partial charge in [-0.3, -0.25) is 0 Å². The zero-order valence-electron chi connectivity index (χ0n) is 63.8. The molecular formula is C72H144O12Si12. The maximum atomic E-state index is 8.19. The van der Waals surface area contributed by atoms with E-state index in [2.05, 4.69) is 83.1 Å². The number of hydrogen-bond donors (Lipinski definition) is 0. The molecule has 0 aliphatic carbocycles. The summed E-state index contributed by atoms with van der Waals surface area (Å²) in [7, 11) is -44.5. The minimum Gasteiger partial charge on any atom is -0.409 e. The monoisotopic (exact) mass is 1540 g/mol. The Hall–Kier alpha value is -0.997. The zero-order valence-corrected chi connectivity index (χ0v) is 75.8. The van der Waals surface area contributed by atoms with Crippen LogP contribution in [0.2, 0.25) is 72.5 Å². The summed E-state index contributed by atoms with van der Waals surface area (Å²) >= 11 is 0. The summed E-state index contributed by atoms with van der Waals surface area (Å²) < 4.78 is 98.3. The van der Waals surface area contributed by atoms with Gasteiger partial charge in [0.1, 0.15) is 0 Å². The van der Waals surface area contributed by atoms with Gasteiger partial charge in [0.2, 0.25) is 0 Å². The molecule has 1 saturated heterocycles. The predicted molar refractivity (Wildman–Crippen MR) is 441 cm³/mol. The van der Waals surface area contributed by atoms with E-state index in [-0.39, 0.29) is 0 Å². The van der Waals surface area contributed by atoms with Crippen molar-refractivity contribution in [3.63, 3.8) is 0 Å². The lowest BCUT2D eigenvalue weighted by molar-refractivity contribution is 0.236. The zero-order chi connectivity index (χ0) is 72.4. The summed E-state index contributed by atoms with van der Waals surface area (Å²) in [4.78, 5) is 0. The first-order valence-corrected chi connectivity index (χ1v) is 63.2. The molecule has 0 amide bonds. The molecule has 0 atom stereocenters. The molecule has 0 aromatic heterocycles. The Balaban J connectivity index is 5.60. The Morgan fingerprint density at radius 3 is 0.250 bits per heavy atom. The Morgan fingerprint density at radius 1 is 0.146 bits per heavy atom. The summed E-state index contributed by atoms with van der Waals surface area (Å²) in [5.41, 5.74) is 23.9. The Labute approximate surface area is 604 Å². The van der Waals surface area contributed by atoms with Crippen molar-refractivity contribution in [1.82, 2.24) is 0 Å². The van der Waals surface area contributed by atoms with Crippen LogP contribution in [0.15, 0.2) is 147 Å². The third-order valence-corrected chi connectivity index (χ3v) is 71.7. The first-order valence-electron chi connectivity index (χ1n) is 38.0. The molecule has 1 heterocycles. The molecule has 0 saturated carbocycles. The van der Waals surface area contributed by atoms with Crippen LogP contribution in [0, 0.1) is 0 Å². The van der Waals surface area contributed by atoms with Gasteiger partial charge in [0.05, 0.1) is 0 Å². The van der Waals surface area contributed by atoms with Gasteiger partial charge in [-0.05, 0) is 72.5 Å². The van der Waals surface area contributed by atoms with Crippen LogP contribution in [0.3, 0.4) is 0 Å². The van der Waals surface area contributed by atoms with Crippen LogP contribution in [0.5, 0.6) is 0 Å². The first-order chi connectivity index (χ1) is 45.9. The summed E-state index contributed by atoms with van der Waals surface area (Å²) in [6.45, 7) is 83.0.